The van der Waals surface area contributed by atoms with Crippen LogP contribution in [0.25, 0.3) is 11.1 Å². The van der Waals surface area contributed by atoms with Gasteiger partial charge < -0.3 is 0 Å². The molecule has 1 heteroatoms. The molecule has 0 spiro atoms. The van der Waals surface area contributed by atoms with Crippen molar-refractivity contribution in [3.63, 3.8) is 0 Å². The summed E-state index contributed by atoms with van der Waals surface area (Å²) in [6, 6.07) is 32.7. The van der Waals surface area contributed by atoms with Crippen LogP contribution in [0, 0.1) is 18.8 Å². The van der Waals surface area contributed by atoms with E-state index in [2.05, 4.69) is 165 Å². The van der Waals surface area contributed by atoms with Gasteiger partial charge >= 0.3 is 327 Å². The zero-order valence-corrected chi connectivity index (χ0v) is 36.3. The molecule has 0 bridgehead atoms. The van der Waals surface area contributed by atoms with Gasteiger partial charge in [0.25, 0.3) is 0 Å². The van der Waals surface area contributed by atoms with Gasteiger partial charge in [-0.15, -0.1) is 0 Å². The van der Waals surface area contributed by atoms with Gasteiger partial charge in [-0.25, -0.2) is 0 Å². The summed E-state index contributed by atoms with van der Waals surface area (Å²) in [4.78, 5) is 0. The summed E-state index contributed by atoms with van der Waals surface area (Å²) in [6.45, 7) is 21.9. The molecule has 272 valence electrons. The van der Waals surface area contributed by atoms with E-state index in [0.717, 1.165) is 19.3 Å². The summed E-state index contributed by atoms with van der Waals surface area (Å²) in [5, 5.41) is 0. The number of hydrogen-bond acceptors (Lipinski definition) is 0. The molecule has 2 unspecified atom stereocenters. The van der Waals surface area contributed by atoms with Crippen molar-refractivity contribution in [2.24, 2.45) is 11.8 Å². The average molecular weight is 768 g/mol. The molecule has 0 N–H and O–H groups in total. The molecule has 0 heterocycles. The van der Waals surface area contributed by atoms with Gasteiger partial charge in [0, 0.05) is 0 Å². The number of benzene rings is 4. The van der Waals surface area contributed by atoms with Crippen LogP contribution in [0.5, 0.6) is 0 Å². The zero-order chi connectivity index (χ0) is 37.0. The predicted octanol–water partition coefficient (Wildman–Crippen LogP) is 13.3. The molecule has 2 atom stereocenters. The van der Waals surface area contributed by atoms with E-state index >= 15 is 0 Å². The Morgan fingerprint density at radius 1 is 0.769 bits per heavy atom. The van der Waals surface area contributed by atoms with Gasteiger partial charge in [-0.3, -0.25) is 0 Å². The minimum atomic E-state index is -2.46. The van der Waals surface area contributed by atoms with Gasteiger partial charge in [0.05, 0.1) is 0 Å². The quantitative estimate of drug-likeness (QED) is 0.0995. The number of hydrogen-bond donors (Lipinski definition) is 0. The van der Waals surface area contributed by atoms with Gasteiger partial charge in [0.1, 0.15) is 0 Å². The summed E-state index contributed by atoms with van der Waals surface area (Å²) in [5.74, 6) is 1.10. The fraction of sp³-hybridized carbons (Fsp3) is 0.431. The number of unbranched alkanes of at least 4 members (excludes halogenated alkanes) is 2. The van der Waals surface area contributed by atoms with E-state index in [4.69, 9.17) is 0 Å². The zero-order valence-electron chi connectivity index (χ0n) is 33.8. The first kappa shape index (κ1) is 38.8. The summed E-state index contributed by atoms with van der Waals surface area (Å²) in [5.41, 5.74) is 13.7. The fourth-order valence-electron chi connectivity index (χ4n) is 9.37. The van der Waals surface area contributed by atoms with Gasteiger partial charge in [-0.1, -0.05) is 0 Å². The van der Waals surface area contributed by atoms with Crippen LogP contribution in [0.15, 0.2) is 106 Å². The second-order valence-electron chi connectivity index (χ2n) is 17.2. The van der Waals surface area contributed by atoms with E-state index in [1.54, 1.807) is 11.1 Å². The molecule has 0 nitrogen and oxygen atoms in total. The molecule has 0 aromatic heterocycles. The van der Waals surface area contributed by atoms with Gasteiger partial charge in [-0.2, -0.15) is 0 Å². The average Bonchev–Trinajstić information content (AvgIpc) is 3.81. The van der Waals surface area contributed by atoms with Crippen LogP contribution in [0.3, 0.4) is 0 Å². The van der Waals surface area contributed by atoms with E-state index in [-0.39, 0.29) is 10.8 Å². The Morgan fingerprint density at radius 3 is 2.00 bits per heavy atom. The van der Waals surface area contributed by atoms with Crippen molar-refractivity contribution in [1.82, 2.24) is 0 Å². The monoisotopic (exact) mass is 766 g/mol. The second-order valence-corrected chi connectivity index (χ2v) is 23.6. The number of aryl methyl sites for hydroxylation is 1. The van der Waals surface area contributed by atoms with Crippen LogP contribution >= 0.6 is 0 Å². The maximum atomic E-state index is 2.62. The summed E-state index contributed by atoms with van der Waals surface area (Å²) in [7, 11) is 0. The van der Waals surface area contributed by atoms with Crippen molar-refractivity contribution < 1.29 is 21.3 Å². The second kappa shape index (κ2) is 16.6. The van der Waals surface area contributed by atoms with Crippen molar-refractivity contribution in [1.29, 1.82) is 0 Å². The van der Waals surface area contributed by atoms with Crippen LogP contribution in [0.2, 0.25) is 0 Å². The third-order valence-electron chi connectivity index (χ3n) is 13.1. The van der Waals surface area contributed by atoms with Crippen LogP contribution in [0.4, 0.5) is 0 Å². The predicted molar refractivity (Wildman–Crippen MR) is 225 cm³/mol. The van der Waals surface area contributed by atoms with Crippen LogP contribution in [-0.4, -0.2) is 3.21 Å². The van der Waals surface area contributed by atoms with Gasteiger partial charge in [0.2, 0.25) is 0 Å². The van der Waals surface area contributed by atoms with Crippen molar-refractivity contribution in [3.8, 4) is 11.1 Å². The van der Waals surface area contributed by atoms with E-state index in [1.807, 2.05) is 9.76 Å². The molecular formula is C51H64Zr. The van der Waals surface area contributed by atoms with Gasteiger partial charge in [-0.05, 0) is 0 Å². The molecule has 4 aromatic carbocycles. The maximum absolute atomic E-state index is 2.62. The van der Waals surface area contributed by atoms with Crippen LogP contribution < -0.4 is 3.27 Å². The molecule has 4 aromatic rings. The molecule has 0 radical (unpaired) electrons. The van der Waals surface area contributed by atoms with Crippen molar-refractivity contribution in [2.45, 2.75) is 131 Å². The Bertz CT molecular complexity index is 1940. The third kappa shape index (κ3) is 7.83. The number of allylic oxidation sites excluding steroid dienone is 4. The fourth-order valence-corrected chi connectivity index (χ4v) is 18.2. The molecule has 2 aliphatic rings. The van der Waals surface area contributed by atoms with E-state index in [0.29, 0.717) is 11.8 Å². The Balaban J connectivity index is 1.53. The topological polar surface area (TPSA) is 0 Å². The van der Waals surface area contributed by atoms with E-state index < -0.39 is 21.3 Å². The van der Waals surface area contributed by atoms with Crippen molar-refractivity contribution in [3.05, 3.63) is 145 Å². The number of rotatable bonds is 15. The summed E-state index contributed by atoms with van der Waals surface area (Å²) >= 11 is -2.46. The van der Waals surface area contributed by atoms with Crippen LogP contribution in [0.1, 0.15) is 139 Å². The molecule has 0 amide bonds. The number of fused-ring (bicyclic) bond motifs is 3. The third-order valence-corrected chi connectivity index (χ3v) is 21.3. The minimum absolute atomic E-state index is 0.0640. The molecule has 0 saturated carbocycles. The summed E-state index contributed by atoms with van der Waals surface area (Å²) in [6.07, 6.45) is 18.6. The van der Waals surface area contributed by atoms with Crippen molar-refractivity contribution >= 4 is 6.48 Å². The van der Waals surface area contributed by atoms with Crippen LogP contribution in [-0.2, 0) is 44.9 Å². The molecular weight excluding hydrogens is 704 g/mol. The van der Waals surface area contributed by atoms with E-state index in [9.17, 15) is 0 Å². The first-order valence-corrected chi connectivity index (χ1v) is 24.2. The Labute approximate surface area is 325 Å². The molecule has 0 saturated heterocycles. The Morgan fingerprint density at radius 2 is 1.40 bits per heavy atom. The standard InChI is InChI=1S/C37H41.C9H18.C5H5.Zr/c1-25(27(3)36(4,5)31-14-10-8-11-15-31)20-28-18-19-33-30(22-28)23-29-21-26(2)35(24-34(29)33)37(6,7)32-16-12-9-13-17-32;1-3-5-7-9-8-6-4-2;1-2-4-5-3-1;/h8-19,21,24-25,27H,20,23H2,1-7H3;3-8H2,1-2H3;1-3H,4H2;. The molecule has 2 aliphatic carbocycles. The van der Waals surface area contributed by atoms with Gasteiger partial charge in [0.15, 0.2) is 0 Å². The normalized spacial score (nSPS) is 14.9. The summed E-state index contributed by atoms with van der Waals surface area (Å²) < 4.78 is 5.63. The first-order valence-electron chi connectivity index (χ1n) is 20.5. The SMILES string of the molecule is CCCC[C](CCCC)=[Zr]([C]1=CC=CC1)[c]1c(CC(C)C(C)C(C)(C)c2ccccc2)ccc2c1Cc1cc(C)c(C(C)(C)c3ccccc3)cc1-2. The molecule has 52 heavy (non-hydrogen) atoms. The Kier molecular flexibility index (Phi) is 12.4. The molecule has 0 aliphatic heterocycles. The van der Waals surface area contributed by atoms with E-state index in [1.165, 1.54) is 77.5 Å². The molecule has 0 fully saturated rings. The molecule has 6 rings (SSSR count). The Hall–Kier alpha value is -2.89. The van der Waals surface area contributed by atoms with Crippen molar-refractivity contribution in [2.75, 3.05) is 0 Å². The first-order chi connectivity index (χ1) is 25.0.